The monoisotopic (exact) mass is 312 g/mol. The summed E-state index contributed by atoms with van der Waals surface area (Å²) in [6, 6.07) is 8.82. The topological polar surface area (TPSA) is 79.7 Å². The van der Waals surface area contributed by atoms with Gasteiger partial charge in [0.1, 0.15) is 11.6 Å². The molecule has 1 aromatic heterocycles. The standard InChI is InChI=1S/C17H16N2O4/c1-23-14-6-3-2-5-11(14)12-9-15(18-10-13(12)17(21)22)19-8-4-7-16(19)20/h2-3,5-6,9-10H,4,7-8H2,1H3,(H,21,22). The zero-order valence-corrected chi connectivity index (χ0v) is 12.7. The van der Waals surface area contributed by atoms with Crippen molar-refractivity contribution in [2.24, 2.45) is 0 Å². The van der Waals surface area contributed by atoms with Crippen LogP contribution in [0.5, 0.6) is 5.75 Å². The van der Waals surface area contributed by atoms with Gasteiger partial charge in [0.2, 0.25) is 5.91 Å². The average Bonchev–Trinajstić information content (AvgIpc) is 3.00. The molecule has 1 fully saturated rings. The molecule has 1 aromatic carbocycles. The number of nitrogens with zero attached hydrogens (tertiary/aromatic N) is 2. The van der Waals surface area contributed by atoms with Crippen molar-refractivity contribution in [2.45, 2.75) is 12.8 Å². The van der Waals surface area contributed by atoms with Gasteiger partial charge in [-0.2, -0.15) is 0 Å². The summed E-state index contributed by atoms with van der Waals surface area (Å²) in [5, 5.41) is 9.44. The lowest BCUT2D eigenvalue weighted by Crippen LogP contribution is -2.25. The van der Waals surface area contributed by atoms with E-state index in [1.54, 1.807) is 23.1 Å². The van der Waals surface area contributed by atoms with Crippen LogP contribution in [0, 0.1) is 0 Å². The number of ether oxygens (including phenoxy) is 1. The Labute approximate surface area is 133 Å². The largest absolute Gasteiger partial charge is 0.496 e. The molecule has 0 bridgehead atoms. The molecule has 2 aromatic rings. The molecule has 118 valence electrons. The van der Waals surface area contributed by atoms with Gasteiger partial charge in [0.15, 0.2) is 0 Å². The second-order valence-corrected chi connectivity index (χ2v) is 5.24. The molecule has 1 N–H and O–H groups in total. The Balaban J connectivity index is 2.16. The summed E-state index contributed by atoms with van der Waals surface area (Å²) in [5.74, 6) is -0.0254. The number of aromatic carboxylic acids is 1. The maximum absolute atomic E-state index is 11.9. The van der Waals surface area contributed by atoms with Crippen molar-refractivity contribution < 1.29 is 19.4 Å². The predicted octanol–water partition coefficient (Wildman–Crippen LogP) is 2.58. The molecule has 3 rings (SSSR count). The number of benzene rings is 1. The third-order valence-electron chi connectivity index (χ3n) is 3.87. The molecule has 0 saturated carbocycles. The van der Waals surface area contributed by atoms with Gasteiger partial charge in [-0.1, -0.05) is 18.2 Å². The van der Waals surface area contributed by atoms with Crippen LogP contribution in [-0.4, -0.2) is 35.6 Å². The van der Waals surface area contributed by atoms with E-state index in [-0.39, 0.29) is 11.5 Å². The molecule has 0 radical (unpaired) electrons. The van der Waals surface area contributed by atoms with Gasteiger partial charge >= 0.3 is 5.97 Å². The SMILES string of the molecule is COc1ccccc1-c1cc(N2CCCC2=O)ncc1C(=O)O. The quantitative estimate of drug-likeness (QED) is 0.938. The van der Waals surface area contributed by atoms with E-state index in [4.69, 9.17) is 4.74 Å². The fourth-order valence-electron chi connectivity index (χ4n) is 2.74. The minimum Gasteiger partial charge on any atom is -0.496 e. The van der Waals surface area contributed by atoms with E-state index in [0.717, 1.165) is 6.42 Å². The van der Waals surface area contributed by atoms with Crippen LogP contribution in [-0.2, 0) is 4.79 Å². The first kappa shape index (κ1) is 15.0. The molecule has 1 amide bonds. The summed E-state index contributed by atoms with van der Waals surface area (Å²) in [7, 11) is 1.53. The smallest absolute Gasteiger partial charge is 0.337 e. The summed E-state index contributed by atoms with van der Waals surface area (Å²) in [6.45, 7) is 0.601. The van der Waals surface area contributed by atoms with E-state index in [9.17, 15) is 14.7 Å². The summed E-state index contributed by atoms with van der Waals surface area (Å²) in [4.78, 5) is 29.2. The predicted molar refractivity (Wildman–Crippen MR) is 84.8 cm³/mol. The number of carboxylic acid groups (broad SMARTS) is 1. The third kappa shape index (κ3) is 2.75. The molecule has 0 aliphatic carbocycles. The minimum atomic E-state index is -1.07. The number of amides is 1. The number of hydrogen-bond acceptors (Lipinski definition) is 4. The lowest BCUT2D eigenvalue weighted by Gasteiger charge is -2.17. The van der Waals surface area contributed by atoms with Crippen LogP contribution >= 0.6 is 0 Å². The number of carboxylic acids is 1. The lowest BCUT2D eigenvalue weighted by atomic mass is 10.0. The van der Waals surface area contributed by atoms with E-state index in [1.807, 2.05) is 12.1 Å². The normalized spacial score (nSPS) is 14.1. The van der Waals surface area contributed by atoms with Crippen molar-refractivity contribution in [3.05, 3.63) is 42.1 Å². The van der Waals surface area contributed by atoms with Crippen LogP contribution in [0.1, 0.15) is 23.2 Å². The summed E-state index contributed by atoms with van der Waals surface area (Å²) in [5.41, 5.74) is 1.22. The van der Waals surface area contributed by atoms with Gasteiger partial charge in [-0.3, -0.25) is 9.69 Å². The number of aromatic nitrogens is 1. The number of hydrogen-bond donors (Lipinski definition) is 1. The number of carbonyl (C=O) groups excluding carboxylic acids is 1. The molecule has 2 heterocycles. The first-order valence-corrected chi connectivity index (χ1v) is 7.29. The first-order chi connectivity index (χ1) is 11.1. The van der Waals surface area contributed by atoms with Gasteiger partial charge in [-0.25, -0.2) is 9.78 Å². The molecule has 6 heteroatoms. The molecule has 23 heavy (non-hydrogen) atoms. The number of rotatable bonds is 4. The van der Waals surface area contributed by atoms with Gasteiger partial charge < -0.3 is 9.84 Å². The first-order valence-electron chi connectivity index (χ1n) is 7.29. The molecular formula is C17H16N2O4. The fraction of sp³-hybridized carbons (Fsp3) is 0.235. The van der Waals surface area contributed by atoms with Crippen LogP contribution in [0.3, 0.4) is 0 Å². The molecule has 1 aliphatic rings. The molecule has 1 aliphatic heterocycles. The maximum Gasteiger partial charge on any atom is 0.337 e. The number of para-hydroxylation sites is 1. The van der Waals surface area contributed by atoms with Crippen molar-refractivity contribution in [1.82, 2.24) is 4.98 Å². The number of anilines is 1. The molecule has 0 spiro atoms. The summed E-state index contributed by atoms with van der Waals surface area (Å²) < 4.78 is 5.33. The van der Waals surface area contributed by atoms with E-state index >= 15 is 0 Å². The summed E-state index contributed by atoms with van der Waals surface area (Å²) >= 11 is 0. The Bertz CT molecular complexity index is 773. The Morgan fingerprint density at radius 2 is 2.09 bits per heavy atom. The highest BCUT2D eigenvalue weighted by atomic mass is 16.5. The van der Waals surface area contributed by atoms with Crippen molar-refractivity contribution in [2.75, 3.05) is 18.6 Å². The van der Waals surface area contributed by atoms with Crippen molar-refractivity contribution >= 4 is 17.7 Å². The van der Waals surface area contributed by atoms with Gasteiger partial charge in [0, 0.05) is 30.3 Å². The highest BCUT2D eigenvalue weighted by molar-refractivity contribution is 5.99. The zero-order valence-electron chi connectivity index (χ0n) is 12.7. The van der Waals surface area contributed by atoms with Crippen molar-refractivity contribution in [3.8, 4) is 16.9 Å². The molecule has 0 unspecified atom stereocenters. The van der Waals surface area contributed by atoms with Crippen molar-refractivity contribution in [1.29, 1.82) is 0 Å². The molecule has 6 nitrogen and oxygen atoms in total. The second kappa shape index (κ2) is 6.08. The van der Waals surface area contributed by atoms with E-state index < -0.39 is 5.97 Å². The average molecular weight is 312 g/mol. The Hall–Kier alpha value is -2.89. The van der Waals surface area contributed by atoms with Gasteiger partial charge in [0.05, 0.1) is 12.7 Å². The van der Waals surface area contributed by atoms with Crippen LogP contribution < -0.4 is 9.64 Å². The lowest BCUT2D eigenvalue weighted by molar-refractivity contribution is -0.117. The minimum absolute atomic E-state index is 0.00607. The van der Waals surface area contributed by atoms with Crippen LogP contribution in [0.15, 0.2) is 36.5 Å². The molecular weight excluding hydrogens is 296 g/mol. The van der Waals surface area contributed by atoms with E-state index in [0.29, 0.717) is 35.7 Å². The molecule has 0 atom stereocenters. The number of methoxy groups -OCH3 is 1. The number of pyridine rings is 1. The molecule has 1 saturated heterocycles. The third-order valence-corrected chi connectivity index (χ3v) is 3.87. The van der Waals surface area contributed by atoms with E-state index in [1.165, 1.54) is 13.3 Å². The van der Waals surface area contributed by atoms with Crippen molar-refractivity contribution in [3.63, 3.8) is 0 Å². The van der Waals surface area contributed by atoms with Gasteiger partial charge in [0.25, 0.3) is 0 Å². The highest BCUT2D eigenvalue weighted by Gasteiger charge is 2.25. The Kier molecular flexibility index (Phi) is 3.97. The Morgan fingerprint density at radius 1 is 1.30 bits per heavy atom. The summed E-state index contributed by atoms with van der Waals surface area (Å²) in [6.07, 6.45) is 2.57. The Morgan fingerprint density at radius 3 is 2.74 bits per heavy atom. The van der Waals surface area contributed by atoms with Crippen LogP contribution in [0.25, 0.3) is 11.1 Å². The number of carbonyl (C=O) groups is 2. The second-order valence-electron chi connectivity index (χ2n) is 5.24. The zero-order chi connectivity index (χ0) is 16.4. The maximum atomic E-state index is 11.9. The van der Waals surface area contributed by atoms with Crippen LogP contribution in [0.2, 0.25) is 0 Å². The van der Waals surface area contributed by atoms with E-state index in [2.05, 4.69) is 4.98 Å². The van der Waals surface area contributed by atoms with Crippen LogP contribution in [0.4, 0.5) is 5.82 Å². The van der Waals surface area contributed by atoms with Gasteiger partial charge in [-0.15, -0.1) is 0 Å². The highest BCUT2D eigenvalue weighted by Crippen LogP contribution is 2.34. The fourth-order valence-corrected chi connectivity index (χ4v) is 2.74. The van der Waals surface area contributed by atoms with Gasteiger partial charge in [-0.05, 0) is 18.6 Å².